The minimum Gasteiger partial charge on any atom is -0.337 e. The maximum Gasteiger partial charge on any atom is 0.254 e. The number of nitrogens with two attached hydrogens (primary N) is 1. The molecule has 0 spiro atoms. The quantitative estimate of drug-likeness (QED) is 0.854. The minimum atomic E-state index is 0.102. The van der Waals surface area contributed by atoms with E-state index in [2.05, 4.69) is 20.8 Å². The molecular weight excluding hydrogens is 322 g/mol. The summed E-state index contributed by atoms with van der Waals surface area (Å²) in [5.41, 5.74) is 10.4. The second kappa shape index (κ2) is 6.34. The molecule has 1 aliphatic carbocycles. The summed E-state index contributed by atoms with van der Waals surface area (Å²) in [6.07, 6.45) is 3.94. The Morgan fingerprint density at radius 2 is 2.00 bits per heavy atom. The van der Waals surface area contributed by atoms with Gasteiger partial charge in [-0.25, -0.2) is 0 Å². The highest BCUT2D eigenvalue weighted by atomic mass is 16.2. The number of amides is 1. The van der Waals surface area contributed by atoms with E-state index in [9.17, 15) is 4.79 Å². The van der Waals surface area contributed by atoms with Gasteiger partial charge < -0.3 is 10.6 Å². The molecule has 2 aliphatic rings. The first-order valence-corrected chi connectivity index (χ1v) is 9.80. The van der Waals surface area contributed by atoms with E-state index in [-0.39, 0.29) is 17.4 Å². The Labute approximate surface area is 155 Å². The van der Waals surface area contributed by atoms with Gasteiger partial charge in [0.2, 0.25) is 0 Å². The van der Waals surface area contributed by atoms with Crippen LogP contribution in [-0.2, 0) is 12.8 Å². The van der Waals surface area contributed by atoms with Gasteiger partial charge in [0.05, 0.1) is 11.1 Å². The lowest BCUT2D eigenvalue weighted by Crippen LogP contribution is -2.34. The fourth-order valence-electron chi connectivity index (χ4n) is 4.50. The number of pyridine rings is 1. The molecule has 0 saturated carbocycles. The molecule has 1 aliphatic heterocycles. The van der Waals surface area contributed by atoms with E-state index in [0.29, 0.717) is 12.5 Å². The topological polar surface area (TPSA) is 59.2 Å². The third kappa shape index (κ3) is 3.01. The second-order valence-corrected chi connectivity index (χ2v) is 9.03. The number of hydrogen-bond donors (Lipinski definition) is 1. The van der Waals surface area contributed by atoms with Crippen LogP contribution in [0.15, 0.2) is 24.3 Å². The van der Waals surface area contributed by atoms with Crippen molar-refractivity contribution < 1.29 is 4.79 Å². The van der Waals surface area contributed by atoms with E-state index < -0.39 is 0 Å². The van der Waals surface area contributed by atoms with Crippen molar-refractivity contribution in [2.45, 2.75) is 52.5 Å². The van der Waals surface area contributed by atoms with Gasteiger partial charge in [-0.05, 0) is 48.6 Å². The van der Waals surface area contributed by atoms with E-state index >= 15 is 0 Å². The number of likely N-dealkylation sites (tertiary alicyclic amines) is 1. The van der Waals surface area contributed by atoms with Gasteiger partial charge >= 0.3 is 0 Å². The molecule has 26 heavy (non-hydrogen) atoms. The number of benzene rings is 1. The molecule has 1 saturated heterocycles. The fourth-order valence-corrected chi connectivity index (χ4v) is 4.50. The largest absolute Gasteiger partial charge is 0.337 e. The standard InChI is InChI=1S/C22H29N3O/c1-22(2,3)14-8-9-19-17(12-14)20(16-6-4-5-7-18(16)24-19)21(26)25-11-10-15(23)13-25/h4-7,14-15H,8-13,23H2,1-3H3/t14?,15-/m1/s1. The molecule has 2 atom stereocenters. The van der Waals surface area contributed by atoms with Crippen LogP contribution < -0.4 is 5.73 Å². The van der Waals surface area contributed by atoms with Crippen molar-refractivity contribution in [2.24, 2.45) is 17.1 Å². The van der Waals surface area contributed by atoms with Gasteiger partial charge in [0.15, 0.2) is 0 Å². The first-order chi connectivity index (χ1) is 12.3. The number of nitrogens with zero attached hydrogens (tertiary/aromatic N) is 2. The first-order valence-electron chi connectivity index (χ1n) is 9.80. The van der Waals surface area contributed by atoms with Crippen LogP contribution in [0.4, 0.5) is 0 Å². The molecule has 4 nitrogen and oxygen atoms in total. The number of hydrogen-bond acceptors (Lipinski definition) is 3. The van der Waals surface area contributed by atoms with Crippen molar-refractivity contribution in [3.05, 3.63) is 41.1 Å². The molecule has 2 heterocycles. The number of fused-ring (bicyclic) bond motifs is 2. The van der Waals surface area contributed by atoms with Crippen molar-refractivity contribution in [3.8, 4) is 0 Å². The Morgan fingerprint density at radius 1 is 1.23 bits per heavy atom. The van der Waals surface area contributed by atoms with Gasteiger partial charge in [0, 0.05) is 30.2 Å². The molecule has 1 unspecified atom stereocenters. The molecule has 1 amide bonds. The number of carbonyl (C=O) groups is 1. The molecule has 4 heteroatoms. The van der Waals surface area contributed by atoms with Crippen LogP contribution in [0.5, 0.6) is 0 Å². The SMILES string of the molecule is CC(C)(C)C1CCc2nc3ccccc3c(C(=O)N3CC[C@@H](N)C3)c2C1. The summed E-state index contributed by atoms with van der Waals surface area (Å²) in [4.78, 5) is 20.3. The number of para-hydroxylation sites is 1. The van der Waals surface area contributed by atoms with Crippen LogP contribution >= 0.6 is 0 Å². The summed E-state index contributed by atoms with van der Waals surface area (Å²) in [5, 5.41) is 0.992. The molecule has 1 fully saturated rings. The van der Waals surface area contributed by atoms with Gasteiger partial charge in [0.1, 0.15) is 0 Å². The maximum atomic E-state index is 13.5. The first kappa shape index (κ1) is 17.5. The van der Waals surface area contributed by atoms with Crippen LogP contribution in [0.3, 0.4) is 0 Å². The second-order valence-electron chi connectivity index (χ2n) is 9.03. The average Bonchev–Trinajstić information content (AvgIpc) is 3.04. The number of aromatic nitrogens is 1. The van der Waals surface area contributed by atoms with Crippen LogP contribution in [0.1, 0.15) is 55.2 Å². The van der Waals surface area contributed by atoms with E-state index in [1.165, 1.54) is 5.56 Å². The van der Waals surface area contributed by atoms with Gasteiger partial charge in [-0.3, -0.25) is 9.78 Å². The minimum absolute atomic E-state index is 0.102. The Morgan fingerprint density at radius 3 is 2.69 bits per heavy atom. The van der Waals surface area contributed by atoms with Crippen molar-refractivity contribution in [3.63, 3.8) is 0 Å². The summed E-state index contributed by atoms with van der Waals surface area (Å²) in [6.45, 7) is 8.33. The van der Waals surface area contributed by atoms with E-state index in [1.54, 1.807) is 0 Å². The fraction of sp³-hybridized carbons (Fsp3) is 0.545. The third-order valence-electron chi connectivity index (χ3n) is 6.21. The normalized spacial score (nSPS) is 23.3. The van der Waals surface area contributed by atoms with Crippen LogP contribution in [-0.4, -0.2) is 34.9 Å². The Kier molecular flexibility index (Phi) is 4.26. The predicted molar refractivity (Wildman–Crippen MR) is 105 cm³/mol. The summed E-state index contributed by atoms with van der Waals surface area (Å²) in [5.74, 6) is 0.715. The summed E-state index contributed by atoms with van der Waals surface area (Å²) >= 11 is 0. The molecule has 138 valence electrons. The molecule has 4 rings (SSSR count). The highest BCUT2D eigenvalue weighted by Crippen LogP contribution is 2.39. The highest BCUT2D eigenvalue weighted by molar-refractivity contribution is 6.07. The summed E-state index contributed by atoms with van der Waals surface area (Å²) < 4.78 is 0. The number of carbonyl (C=O) groups excluding carboxylic acids is 1. The molecule has 0 bridgehead atoms. The molecule has 2 N–H and O–H groups in total. The smallest absolute Gasteiger partial charge is 0.254 e. The molecule has 0 radical (unpaired) electrons. The Balaban J connectivity index is 1.85. The van der Waals surface area contributed by atoms with Crippen molar-refractivity contribution in [1.29, 1.82) is 0 Å². The summed E-state index contributed by atoms with van der Waals surface area (Å²) in [7, 11) is 0. The van der Waals surface area contributed by atoms with E-state index in [4.69, 9.17) is 10.7 Å². The molecular formula is C22H29N3O. The third-order valence-corrected chi connectivity index (χ3v) is 6.21. The zero-order valence-electron chi connectivity index (χ0n) is 16.1. The predicted octanol–water partition coefficient (Wildman–Crippen LogP) is 3.56. The maximum absolute atomic E-state index is 13.5. The molecule has 1 aromatic carbocycles. The molecule has 1 aromatic heterocycles. The number of aryl methyl sites for hydroxylation is 1. The molecule has 2 aromatic rings. The van der Waals surface area contributed by atoms with Crippen LogP contribution in [0.25, 0.3) is 10.9 Å². The van der Waals surface area contributed by atoms with Gasteiger partial charge in [-0.1, -0.05) is 39.0 Å². The number of rotatable bonds is 1. The van der Waals surface area contributed by atoms with Gasteiger partial charge in [-0.2, -0.15) is 0 Å². The Hall–Kier alpha value is -1.94. The summed E-state index contributed by atoms with van der Waals surface area (Å²) in [6, 6.07) is 8.19. The monoisotopic (exact) mass is 351 g/mol. The lowest BCUT2D eigenvalue weighted by molar-refractivity contribution is 0.0790. The van der Waals surface area contributed by atoms with E-state index in [0.717, 1.165) is 54.4 Å². The Bertz CT molecular complexity index is 852. The average molecular weight is 351 g/mol. The van der Waals surface area contributed by atoms with Crippen molar-refractivity contribution >= 4 is 16.8 Å². The zero-order chi connectivity index (χ0) is 18.5. The van der Waals surface area contributed by atoms with Crippen LogP contribution in [0, 0.1) is 11.3 Å². The van der Waals surface area contributed by atoms with E-state index in [1.807, 2.05) is 29.2 Å². The lowest BCUT2D eigenvalue weighted by atomic mass is 9.70. The lowest BCUT2D eigenvalue weighted by Gasteiger charge is -2.36. The highest BCUT2D eigenvalue weighted by Gasteiger charge is 2.34. The zero-order valence-corrected chi connectivity index (χ0v) is 16.1. The van der Waals surface area contributed by atoms with Crippen LogP contribution in [0.2, 0.25) is 0 Å². The van der Waals surface area contributed by atoms with Gasteiger partial charge in [-0.15, -0.1) is 0 Å². The van der Waals surface area contributed by atoms with Crippen molar-refractivity contribution in [1.82, 2.24) is 9.88 Å². The van der Waals surface area contributed by atoms with Gasteiger partial charge in [0.25, 0.3) is 5.91 Å². The van der Waals surface area contributed by atoms with Crippen molar-refractivity contribution in [2.75, 3.05) is 13.1 Å².